The van der Waals surface area contributed by atoms with Crippen molar-refractivity contribution in [3.05, 3.63) is 60.4 Å². The molecule has 2 radical (unpaired) electrons. The smallest absolute Gasteiger partial charge is 0.131 e. The van der Waals surface area contributed by atoms with E-state index in [1.165, 1.54) is 0 Å². The Bertz CT molecular complexity index is 739. The van der Waals surface area contributed by atoms with Gasteiger partial charge in [0.25, 0.3) is 0 Å². The average Bonchev–Trinajstić information content (AvgIpc) is 3.08. The topological polar surface area (TPSA) is 24.5 Å². The molecule has 0 spiro atoms. The molecule has 26 heavy (non-hydrogen) atoms. The number of nitrogens with one attached hydrogen (secondary N) is 1. The van der Waals surface area contributed by atoms with E-state index in [-0.39, 0.29) is 35.3 Å². The van der Waals surface area contributed by atoms with Crippen molar-refractivity contribution in [1.82, 2.24) is 10.2 Å². The lowest BCUT2D eigenvalue weighted by atomic mass is 9.77. The molecule has 4 heteroatoms. The maximum atomic E-state index is 14.9. The summed E-state index contributed by atoms with van der Waals surface area (Å²) in [4.78, 5) is 2.10. The molecule has 2 heterocycles. The first-order valence-corrected chi connectivity index (χ1v) is 9.47. The Labute approximate surface area is 155 Å². The number of likely N-dealkylation sites (tertiary alicyclic amines) is 1. The van der Waals surface area contributed by atoms with Gasteiger partial charge in [0, 0.05) is 24.1 Å². The summed E-state index contributed by atoms with van der Waals surface area (Å²) >= 11 is 0. The molecular weight excluding hydrogens is 327 g/mol. The summed E-state index contributed by atoms with van der Waals surface area (Å²) in [7, 11) is 0. The second-order valence-electron chi connectivity index (χ2n) is 8.35. The van der Waals surface area contributed by atoms with Gasteiger partial charge in [0.2, 0.25) is 0 Å². The van der Waals surface area contributed by atoms with Crippen molar-refractivity contribution in [2.24, 2.45) is 11.3 Å². The highest BCUT2D eigenvalue weighted by Crippen LogP contribution is 2.54. The van der Waals surface area contributed by atoms with Crippen LogP contribution in [0.15, 0.2) is 48.3 Å². The van der Waals surface area contributed by atoms with Gasteiger partial charge in [0.05, 0.1) is 18.6 Å². The molecule has 0 aromatic heterocycles. The minimum Gasteiger partial charge on any atom is -0.487 e. The minimum absolute atomic E-state index is 0.0441. The van der Waals surface area contributed by atoms with Gasteiger partial charge in [-0.2, -0.15) is 0 Å². The number of para-hydroxylation sites is 1. The summed E-state index contributed by atoms with van der Waals surface area (Å²) in [6, 6.07) is 8.13. The van der Waals surface area contributed by atoms with E-state index in [1.54, 1.807) is 6.08 Å². The third-order valence-electron chi connectivity index (χ3n) is 5.64. The van der Waals surface area contributed by atoms with Gasteiger partial charge in [-0.25, -0.2) is 4.39 Å². The van der Waals surface area contributed by atoms with E-state index in [2.05, 4.69) is 56.6 Å². The normalized spacial score (nSPS) is 32.3. The summed E-state index contributed by atoms with van der Waals surface area (Å²) in [5.41, 5.74) is 0.898. The lowest BCUT2D eigenvalue weighted by Gasteiger charge is -2.34. The number of nitrogens with zero attached hydrogens (tertiary/aromatic N) is 1. The van der Waals surface area contributed by atoms with Crippen LogP contribution in [-0.4, -0.2) is 29.6 Å². The Hall–Kier alpha value is -1.65. The van der Waals surface area contributed by atoms with Crippen LogP contribution in [0, 0.1) is 17.9 Å². The fourth-order valence-electron chi connectivity index (χ4n) is 4.40. The number of hydrogen-bond acceptors (Lipinski definition) is 3. The van der Waals surface area contributed by atoms with Gasteiger partial charge in [-0.1, -0.05) is 58.0 Å². The van der Waals surface area contributed by atoms with E-state index in [4.69, 9.17) is 4.74 Å². The number of allylic oxidation sites excluding steroid dienone is 2. The Morgan fingerprint density at radius 3 is 2.81 bits per heavy atom. The quantitative estimate of drug-likeness (QED) is 0.874. The van der Waals surface area contributed by atoms with Crippen molar-refractivity contribution < 1.29 is 9.13 Å². The number of fused-ring (bicyclic) bond motifs is 2. The highest BCUT2D eigenvalue weighted by atomic mass is 19.1. The largest absolute Gasteiger partial charge is 0.487 e. The molecule has 0 bridgehead atoms. The number of hydrogen-bond donors (Lipinski definition) is 1. The van der Waals surface area contributed by atoms with Crippen molar-refractivity contribution in [1.29, 1.82) is 0 Å². The second-order valence-corrected chi connectivity index (χ2v) is 8.35. The van der Waals surface area contributed by atoms with E-state index in [9.17, 15) is 4.39 Å². The third kappa shape index (κ3) is 2.89. The third-order valence-corrected chi connectivity index (χ3v) is 5.64. The molecule has 3 aliphatic rings. The average molecular weight is 354 g/mol. The Balaban J connectivity index is 1.71. The second kappa shape index (κ2) is 6.50. The zero-order valence-electron chi connectivity index (χ0n) is 15.9. The first-order valence-electron chi connectivity index (χ1n) is 9.47. The summed E-state index contributed by atoms with van der Waals surface area (Å²) < 4.78 is 21.1. The molecule has 1 fully saturated rings. The van der Waals surface area contributed by atoms with Gasteiger partial charge in [-0.3, -0.25) is 4.90 Å². The Morgan fingerprint density at radius 2 is 2.04 bits per heavy atom. The van der Waals surface area contributed by atoms with Crippen LogP contribution < -0.4 is 10.1 Å². The monoisotopic (exact) mass is 354 g/mol. The number of halogens is 1. The van der Waals surface area contributed by atoms with Crippen LogP contribution in [0.25, 0.3) is 0 Å². The van der Waals surface area contributed by atoms with Crippen molar-refractivity contribution >= 4 is 0 Å². The fourth-order valence-corrected chi connectivity index (χ4v) is 4.40. The standard InChI is InChI=1S/C22H27FN2O/c1-14(2)24-12-19-20(15-8-5-6-11-18(15)26-19)25-13-22(3,4)16-9-7-10-17(23)21(16)25/h5-11,14,16,19-21,24H,12H2,1-4H3. The van der Waals surface area contributed by atoms with Crippen LogP contribution in [0.3, 0.4) is 0 Å². The van der Waals surface area contributed by atoms with Crippen molar-refractivity contribution in [2.45, 2.75) is 51.9 Å². The Kier molecular flexibility index (Phi) is 4.44. The molecule has 1 aromatic rings. The highest BCUT2D eigenvalue weighted by molar-refractivity contribution is 5.43. The van der Waals surface area contributed by atoms with E-state index in [0.29, 0.717) is 12.6 Å². The molecule has 1 saturated heterocycles. The maximum Gasteiger partial charge on any atom is 0.131 e. The number of rotatable bonds is 4. The molecule has 1 aromatic carbocycles. The van der Waals surface area contributed by atoms with Crippen LogP contribution in [0.2, 0.25) is 0 Å². The molecule has 0 saturated carbocycles. The van der Waals surface area contributed by atoms with Crippen molar-refractivity contribution in [2.75, 3.05) is 6.54 Å². The lowest BCUT2D eigenvalue weighted by molar-refractivity contribution is 0.0976. The maximum absolute atomic E-state index is 14.9. The first-order chi connectivity index (χ1) is 12.4. The van der Waals surface area contributed by atoms with Crippen molar-refractivity contribution in [3.8, 4) is 5.75 Å². The van der Waals surface area contributed by atoms with Gasteiger partial charge in [0.1, 0.15) is 17.7 Å². The zero-order chi connectivity index (χ0) is 18.5. The molecule has 4 rings (SSSR count). The molecule has 0 amide bonds. The molecule has 4 atom stereocenters. The number of benzene rings is 1. The predicted molar refractivity (Wildman–Crippen MR) is 101 cm³/mol. The summed E-state index contributed by atoms with van der Waals surface area (Å²) in [6.07, 6.45) is 5.46. The summed E-state index contributed by atoms with van der Waals surface area (Å²) in [5, 5.41) is 3.48. The first kappa shape index (κ1) is 17.7. The van der Waals surface area contributed by atoms with Gasteiger partial charge in [-0.15, -0.1) is 0 Å². The van der Waals surface area contributed by atoms with Gasteiger partial charge >= 0.3 is 0 Å². The molecule has 3 nitrogen and oxygen atoms in total. The van der Waals surface area contributed by atoms with Crippen LogP contribution in [0.5, 0.6) is 5.75 Å². The Morgan fingerprint density at radius 1 is 1.27 bits per heavy atom. The van der Waals surface area contributed by atoms with Gasteiger partial charge in [0.15, 0.2) is 0 Å². The predicted octanol–water partition coefficient (Wildman–Crippen LogP) is 4.28. The molecule has 2 aliphatic heterocycles. The molecule has 138 valence electrons. The van der Waals surface area contributed by atoms with E-state index >= 15 is 0 Å². The van der Waals surface area contributed by atoms with Crippen LogP contribution in [-0.2, 0) is 0 Å². The SMILES string of the molecule is CC(C)NCC1Oc2ccccc2C1N1[C]C(C)(C)C2C=CC=C(F)C21. The van der Waals surface area contributed by atoms with Crippen molar-refractivity contribution in [3.63, 3.8) is 0 Å². The zero-order valence-corrected chi connectivity index (χ0v) is 15.9. The molecular formula is C22H27FN2O. The van der Waals surface area contributed by atoms with Crippen LogP contribution >= 0.6 is 0 Å². The highest BCUT2D eigenvalue weighted by Gasteiger charge is 2.54. The fraction of sp³-hybridized carbons (Fsp3) is 0.500. The lowest BCUT2D eigenvalue weighted by Crippen LogP contribution is -2.44. The van der Waals surface area contributed by atoms with Gasteiger partial charge in [-0.05, 0) is 17.6 Å². The van der Waals surface area contributed by atoms with Crippen LogP contribution in [0.1, 0.15) is 39.3 Å². The molecule has 1 aliphatic carbocycles. The summed E-state index contributed by atoms with van der Waals surface area (Å²) in [6.45, 7) is 12.8. The number of ether oxygens (including phenoxy) is 1. The molecule has 4 unspecified atom stereocenters. The van der Waals surface area contributed by atoms with Gasteiger partial charge < -0.3 is 10.1 Å². The molecule has 1 N–H and O–H groups in total. The van der Waals surface area contributed by atoms with E-state index in [1.807, 2.05) is 24.3 Å². The summed E-state index contributed by atoms with van der Waals surface area (Å²) in [5.74, 6) is 0.890. The minimum atomic E-state index is -0.309. The van der Waals surface area contributed by atoms with Crippen LogP contribution in [0.4, 0.5) is 4.39 Å². The van der Waals surface area contributed by atoms with E-state index in [0.717, 1.165) is 11.3 Å². The van der Waals surface area contributed by atoms with E-state index < -0.39 is 0 Å².